The van der Waals surface area contributed by atoms with Crippen molar-refractivity contribution < 1.29 is 9.50 Å². The molecule has 0 spiro atoms. The van der Waals surface area contributed by atoms with Gasteiger partial charge in [-0.2, -0.15) is 9.37 Å². The highest BCUT2D eigenvalue weighted by Gasteiger charge is 2.18. The van der Waals surface area contributed by atoms with E-state index in [4.69, 9.17) is 5.11 Å². The van der Waals surface area contributed by atoms with Gasteiger partial charge in [-0.1, -0.05) is 0 Å². The molecule has 6 heteroatoms. The number of aromatic nitrogens is 2. The van der Waals surface area contributed by atoms with E-state index in [1.165, 1.54) is 0 Å². The molecular formula is C6H6FN3O2. The fraction of sp³-hybridized carbons (Fsp3) is 0.333. The zero-order valence-corrected chi connectivity index (χ0v) is 6.04. The molecule has 2 N–H and O–H groups in total. The summed E-state index contributed by atoms with van der Waals surface area (Å²) in [5.41, 5.74) is -0.831. The van der Waals surface area contributed by atoms with E-state index in [0.717, 1.165) is 4.57 Å². The summed E-state index contributed by atoms with van der Waals surface area (Å²) in [6.45, 7) is 0.920. The van der Waals surface area contributed by atoms with Crippen molar-refractivity contribution in [3.05, 3.63) is 16.2 Å². The standard InChI is InChI=1S/C6H6FN3O2/c7-3-4(11)9-6-8-1-2-10(6)5(3)12/h11H,1-2H2,(H,8,9). The van der Waals surface area contributed by atoms with Crippen LogP contribution in [0.25, 0.3) is 0 Å². The summed E-state index contributed by atoms with van der Waals surface area (Å²) in [5.74, 6) is -1.82. The Morgan fingerprint density at radius 2 is 2.42 bits per heavy atom. The predicted molar refractivity (Wildman–Crippen MR) is 38.6 cm³/mol. The molecule has 0 radical (unpaired) electrons. The molecule has 1 aliphatic rings. The van der Waals surface area contributed by atoms with E-state index in [-0.39, 0.29) is 5.95 Å². The minimum atomic E-state index is -1.19. The highest BCUT2D eigenvalue weighted by Crippen LogP contribution is 2.14. The number of hydrogen-bond acceptors (Lipinski definition) is 4. The van der Waals surface area contributed by atoms with Gasteiger partial charge in [0.15, 0.2) is 0 Å². The zero-order chi connectivity index (χ0) is 8.72. The summed E-state index contributed by atoms with van der Waals surface area (Å²) in [4.78, 5) is 14.5. The number of hydrogen-bond donors (Lipinski definition) is 2. The molecule has 12 heavy (non-hydrogen) atoms. The minimum absolute atomic E-state index is 0.221. The van der Waals surface area contributed by atoms with E-state index in [0.29, 0.717) is 13.1 Å². The Hall–Kier alpha value is -1.59. The van der Waals surface area contributed by atoms with Crippen molar-refractivity contribution in [2.75, 3.05) is 11.9 Å². The lowest BCUT2D eigenvalue weighted by atomic mass is 10.5. The molecule has 0 unspecified atom stereocenters. The summed E-state index contributed by atoms with van der Waals surface area (Å²) >= 11 is 0. The van der Waals surface area contributed by atoms with Gasteiger partial charge in [0.25, 0.3) is 11.4 Å². The number of fused-ring (bicyclic) bond motifs is 1. The molecule has 0 aromatic carbocycles. The number of anilines is 1. The first-order chi connectivity index (χ1) is 5.70. The van der Waals surface area contributed by atoms with Crippen LogP contribution in [0.4, 0.5) is 10.3 Å². The summed E-state index contributed by atoms with van der Waals surface area (Å²) in [7, 11) is 0. The van der Waals surface area contributed by atoms with Gasteiger partial charge in [0.1, 0.15) is 0 Å². The average Bonchev–Trinajstić information content (AvgIpc) is 2.48. The van der Waals surface area contributed by atoms with Gasteiger partial charge in [-0.3, -0.25) is 9.36 Å². The Kier molecular flexibility index (Phi) is 1.30. The van der Waals surface area contributed by atoms with Gasteiger partial charge in [0.2, 0.25) is 11.8 Å². The third-order valence-corrected chi connectivity index (χ3v) is 1.72. The summed E-state index contributed by atoms with van der Waals surface area (Å²) < 4.78 is 13.9. The first-order valence-electron chi connectivity index (χ1n) is 3.43. The van der Waals surface area contributed by atoms with E-state index in [2.05, 4.69) is 10.3 Å². The van der Waals surface area contributed by atoms with Gasteiger partial charge in [-0.25, -0.2) is 0 Å². The van der Waals surface area contributed by atoms with Crippen LogP contribution in [-0.2, 0) is 6.54 Å². The SMILES string of the molecule is O=c1c(F)c(O)nc2n1CCN2. The normalized spacial score (nSPS) is 14.1. The smallest absolute Gasteiger partial charge is 0.295 e. The number of rotatable bonds is 0. The first kappa shape index (κ1) is 7.08. The topological polar surface area (TPSA) is 67.1 Å². The van der Waals surface area contributed by atoms with Crippen LogP contribution < -0.4 is 10.9 Å². The Bertz CT molecular complexity index is 387. The maximum atomic E-state index is 12.7. The van der Waals surface area contributed by atoms with Gasteiger partial charge in [-0.15, -0.1) is 0 Å². The Morgan fingerprint density at radius 1 is 1.67 bits per heavy atom. The van der Waals surface area contributed by atoms with Crippen LogP contribution in [0.15, 0.2) is 4.79 Å². The molecule has 0 saturated carbocycles. The predicted octanol–water partition coefficient (Wildman–Crippen LogP) is -0.487. The van der Waals surface area contributed by atoms with Crippen LogP contribution in [0.1, 0.15) is 0 Å². The van der Waals surface area contributed by atoms with Gasteiger partial charge < -0.3 is 10.4 Å². The van der Waals surface area contributed by atoms with Crippen molar-refractivity contribution in [1.82, 2.24) is 9.55 Å². The van der Waals surface area contributed by atoms with Crippen LogP contribution in [0.5, 0.6) is 5.88 Å². The first-order valence-corrected chi connectivity index (χ1v) is 3.43. The van der Waals surface area contributed by atoms with Crippen molar-refractivity contribution in [3.63, 3.8) is 0 Å². The molecular weight excluding hydrogens is 165 g/mol. The van der Waals surface area contributed by atoms with E-state index in [9.17, 15) is 9.18 Å². The average molecular weight is 171 g/mol. The fourth-order valence-corrected chi connectivity index (χ4v) is 1.14. The Labute approximate surface area is 66.5 Å². The number of aromatic hydroxyl groups is 1. The summed E-state index contributed by atoms with van der Waals surface area (Å²) in [5, 5.41) is 11.6. The van der Waals surface area contributed by atoms with Gasteiger partial charge >= 0.3 is 0 Å². The molecule has 0 fully saturated rings. The van der Waals surface area contributed by atoms with Gasteiger partial charge in [0, 0.05) is 13.1 Å². The lowest BCUT2D eigenvalue weighted by molar-refractivity contribution is 0.401. The van der Waals surface area contributed by atoms with Crippen molar-refractivity contribution in [1.29, 1.82) is 0 Å². The molecule has 5 nitrogen and oxygen atoms in total. The fourth-order valence-electron chi connectivity index (χ4n) is 1.14. The van der Waals surface area contributed by atoms with E-state index >= 15 is 0 Å². The maximum Gasteiger partial charge on any atom is 0.295 e. The maximum absolute atomic E-state index is 12.7. The molecule has 0 bridgehead atoms. The molecule has 0 saturated heterocycles. The van der Waals surface area contributed by atoms with E-state index < -0.39 is 17.3 Å². The lowest BCUT2D eigenvalue weighted by Crippen LogP contribution is -2.21. The summed E-state index contributed by atoms with van der Waals surface area (Å²) in [6.07, 6.45) is 0. The minimum Gasteiger partial charge on any atom is -0.491 e. The van der Waals surface area contributed by atoms with Crippen LogP contribution >= 0.6 is 0 Å². The quantitative estimate of drug-likeness (QED) is 0.553. The molecule has 0 aliphatic carbocycles. The van der Waals surface area contributed by atoms with Crippen molar-refractivity contribution in [3.8, 4) is 5.88 Å². The van der Waals surface area contributed by atoms with Crippen LogP contribution in [0, 0.1) is 5.82 Å². The molecule has 0 atom stereocenters. The second kappa shape index (κ2) is 2.20. The third-order valence-electron chi connectivity index (χ3n) is 1.72. The second-order valence-corrected chi connectivity index (χ2v) is 2.46. The molecule has 2 rings (SSSR count). The zero-order valence-electron chi connectivity index (χ0n) is 6.04. The molecule has 1 aromatic heterocycles. The summed E-state index contributed by atoms with van der Waals surface area (Å²) in [6, 6.07) is 0. The van der Waals surface area contributed by atoms with Crippen LogP contribution in [0.3, 0.4) is 0 Å². The Morgan fingerprint density at radius 3 is 3.17 bits per heavy atom. The number of nitrogens with one attached hydrogen (secondary N) is 1. The van der Waals surface area contributed by atoms with Crippen molar-refractivity contribution in [2.24, 2.45) is 0 Å². The molecule has 1 aliphatic heterocycles. The monoisotopic (exact) mass is 171 g/mol. The molecule has 1 aromatic rings. The number of nitrogens with zero attached hydrogens (tertiary/aromatic N) is 2. The van der Waals surface area contributed by atoms with Crippen molar-refractivity contribution >= 4 is 5.95 Å². The Balaban J connectivity index is 2.76. The number of halogens is 1. The highest BCUT2D eigenvalue weighted by molar-refractivity contribution is 5.33. The molecule has 2 heterocycles. The van der Waals surface area contributed by atoms with Gasteiger partial charge in [-0.05, 0) is 0 Å². The highest BCUT2D eigenvalue weighted by atomic mass is 19.1. The van der Waals surface area contributed by atoms with Crippen LogP contribution in [-0.4, -0.2) is 21.2 Å². The van der Waals surface area contributed by atoms with E-state index in [1.807, 2.05) is 0 Å². The molecule has 0 amide bonds. The largest absolute Gasteiger partial charge is 0.491 e. The van der Waals surface area contributed by atoms with E-state index in [1.54, 1.807) is 0 Å². The van der Waals surface area contributed by atoms with Crippen LogP contribution in [0.2, 0.25) is 0 Å². The third kappa shape index (κ3) is 0.775. The van der Waals surface area contributed by atoms with Gasteiger partial charge in [0.05, 0.1) is 0 Å². The molecule has 64 valence electrons. The van der Waals surface area contributed by atoms with Crippen molar-refractivity contribution in [2.45, 2.75) is 6.54 Å². The lowest BCUT2D eigenvalue weighted by Gasteiger charge is -2.00. The second-order valence-electron chi connectivity index (χ2n) is 2.46.